The molecule has 23 heavy (non-hydrogen) atoms. The van der Waals surface area contributed by atoms with Gasteiger partial charge in [0, 0.05) is 11.3 Å². The molecule has 1 heterocycles. The van der Waals surface area contributed by atoms with Crippen LogP contribution in [0.3, 0.4) is 0 Å². The van der Waals surface area contributed by atoms with Crippen LogP contribution < -0.4 is 5.32 Å². The third-order valence-electron chi connectivity index (χ3n) is 4.28. The first-order valence-corrected chi connectivity index (χ1v) is 7.77. The number of para-hydroxylation sites is 1. The Morgan fingerprint density at radius 2 is 2.00 bits per heavy atom. The van der Waals surface area contributed by atoms with Crippen LogP contribution >= 0.6 is 0 Å². The molecule has 1 aliphatic rings. The summed E-state index contributed by atoms with van der Waals surface area (Å²) in [5.74, 6) is -0.0147. The molecule has 0 saturated heterocycles. The number of carbonyl (C=O) groups is 1. The van der Waals surface area contributed by atoms with Gasteiger partial charge in [-0.15, -0.1) is 0 Å². The van der Waals surface area contributed by atoms with Crippen molar-refractivity contribution in [2.24, 2.45) is 5.92 Å². The zero-order chi connectivity index (χ0) is 16.4. The lowest BCUT2D eigenvalue weighted by Crippen LogP contribution is -2.29. The van der Waals surface area contributed by atoms with E-state index in [2.05, 4.69) is 10.4 Å². The molecule has 7 heteroatoms. The van der Waals surface area contributed by atoms with Gasteiger partial charge in [0.05, 0.1) is 11.6 Å². The van der Waals surface area contributed by atoms with E-state index >= 15 is 0 Å². The fourth-order valence-electron chi connectivity index (χ4n) is 3.05. The van der Waals surface area contributed by atoms with Crippen LogP contribution in [0, 0.1) is 5.92 Å². The van der Waals surface area contributed by atoms with Crippen LogP contribution in [0.15, 0.2) is 24.3 Å². The maximum absolute atomic E-state index is 12.7. The van der Waals surface area contributed by atoms with Crippen LogP contribution in [0.25, 0.3) is 10.9 Å². The lowest BCUT2D eigenvalue weighted by molar-refractivity contribution is -0.121. The molecule has 124 valence electrons. The molecule has 0 spiro atoms. The van der Waals surface area contributed by atoms with E-state index in [0.717, 1.165) is 0 Å². The van der Waals surface area contributed by atoms with Crippen molar-refractivity contribution in [2.45, 2.75) is 44.8 Å². The standard InChI is InChI=1S/C16H19F2N3O2/c17-14(18)9-21-13-4-2-1-3-12(13)15(20-21)19-16(23)10-5-7-11(22)8-6-10/h1-4,10-11,14,22H,5-9H2,(H,19,20,23). The Kier molecular flexibility index (Phi) is 4.56. The number of benzene rings is 1. The average molecular weight is 323 g/mol. The van der Waals surface area contributed by atoms with Crippen molar-refractivity contribution in [1.82, 2.24) is 9.78 Å². The molecular weight excluding hydrogens is 304 g/mol. The second kappa shape index (κ2) is 6.62. The number of aliphatic hydroxyl groups is 1. The summed E-state index contributed by atoms with van der Waals surface area (Å²) in [6, 6.07) is 6.99. The molecule has 0 atom stereocenters. The van der Waals surface area contributed by atoms with Crippen LogP contribution in [-0.2, 0) is 11.3 Å². The second-order valence-electron chi connectivity index (χ2n) is 5.93. The number of nitrogens with one attached hydrogen (secondary N) is 1. The van der Waals surface area contributed by atoms with Gasteiger partial charge in [-0.2, -0.15) is 5.10 Å². The quantitative estimate of drug-likeness (QED) is 0.909. The van der Waals surface area contributed by atoms with Gasteiger partial charge in [0.15, 0.2) is 5.82 Å². The van der Waals surface area contributed by atoms with E-state index in [4.69, 9.17) is 0 Å². The van der Waals surface area contributed by atoms with Crippen LogP contribution in [-0.4, -0.2) is 33.3 Å². The van der Waals surface area contributed by atoms with Crippen molar-refractivity contribution in [3.63, 3.8) is 0 Å². The normalized spacial score (nSPS) is 21.7. The molecule has 0 radical (unpaired) electrons. The summed E-state index contributed by atoms with van der Waals surface area (Å²) < 4.78 is 26.6. The highest BCUT2D eigenvalue weighted by Crippen LogP contribution is 2.28. The minimum absolute atomic E-state index is 0.163. The van der Waals surface area contributed by atoms with E-state index in [0.29, 0.717) is 42.4 Å². The average Bonchev–Trinajstić information content (AvgIpc) is 2.85. The largest absolute Gasteiger partial charge is 0.393 e. The molecule has 2 N–H and O–H groups in total. The fourth-order valence-corrected chi connectivity index (χ4v) is 3.05. The molecule has 1 aliphatic carbocycles. The van der Waals surface area contributed by atoms with Gasteiger partial charge in [0.1, 0.15) is 6.54 Å². The molecule has 3 rings (SSSR count). The molecule has 1 aromatic heterocycles. The summed E-state index contributed by atoms with van der Waals surface area (Å²) in [5, 5.41) is 17.1. The number of rotatable bonds is 4. The van der Waals surface area contributed by atoms with Gasteiger partial charge in [-0.1, -0.05) is 12.1 Å². The predicted molar refractivity (Wildman–Crippen MR) is 82.3 cm³/mol. The molecule has 5 nitrogen and oxygen atoms in total. The third-order valence-corrected chi connectivity index (χ3v) is 4.28. The number of amides is 1. The lowest BCUT2D eigenvalue weighted by atomic mass is 9.87. The number of nitrogens with zero attached hydrogens (tertiary/aromatic N) is 2. The van der Waals surface area contributed by atoms with Crippen LogP contribution in [0.5, 0.6) is 0 Å². The summed E-state index contributed by atoms with van der Waals surface area (Å²) in [5.41, 5.74) is 0.571. The smallest absolute Gasteiger partial charge is 0.257 e. The first kappa shape index (κ1) is 15.9. The zero-order valence-corrected chi connectivity index (χ0v) is 12.6. The number of aliphatic hydroxyl groups excluding tert-OH is 1. The highest BCUT2D eigenvalue weighted by molar-refractivity contribution is 6.00. The Balaban J connectivity index is 1.81. The number of hydrogen-bond acceptors (Lipinski definition) is 3. The summed E-state index contributed by atoms with van der Waals surface area (Å²) in [6.07, 6.45) is -0.366. The van der Waals surface area contributed by atoms with Gasteiger partial charge in [-0.3, -0.25) is 9.48 Å². The molecule has 0 unspecified atom stereocenters. The van der Waals surface area contributed by atoms with E-state index in [1.807, 2.05) is 0 Å². The lowest BCUT2D eigenvalue weighted by Gasteiger charge is -2.24. The van der Waals surface area contributed by atoms with Crippen molar-refractivity contribution in [3.05, 3.63) is 24.3 Å². The van der Waals surface area contributed by atoms with Crippen molar-refractivity contribution >= 4 is 22.6 Å². The van der Waals surface area contributed by atoms with Gasteiger partial charge in [-0.25, -0.2) is 8.78 Å². The van der Waals surface area contributed by atoms with Gasteiger partial charge in [-0.05, 0) is 37.8 Å². The predicted octanol–water partition coefficient (Wildman–Crippen LogP) is 2.79. The Morgan fingerprint density at radius 1 is 1.30 bits per heavy atom. The number of anilines is 1. The molecule has 2 aromatic rings. The van der Waals surface area contributed by atoms with Crippen molar-refractivity contribution in [2.75, 3.05) is 5.32 Å². The first-order valence-electron chi connectivity index (χ1n) is 7.77. The maximum atomic E-state index is 12.7. The number of hydrogen-bond donors (Lipinski definition) is 2. The second-order valence-corrected chi connectivity index (χ2v) is 5.93. The molecule has 1 aromatic carbocycles. The number of alkyl halides is 2. The molecular formula is C16H19F2N3O2. The minimum atomic E-state index is -2.51. The summed E-state index contributed by atoms with van der Waals surface area (Å²) in [7, 11) is 0. The van der Waals surface area contributed by atoms with Gasteiger partial charge in [0.2, 0.25) is 5.91 Å². The Morgan fingerprint density at radius 3 is 2.70 bits per heavy atom. The van der Waals surface area contributed by atoms with E-state index in [-0.39, 0.29) is 17.9 Å². The van der Waals surface area contributed by atoms with Crippen LogP contribution in [0.2, 0.25) is 0 Å². The monoisotopic (exact) mass is 323 g/mol. The SMILES string of the molecule is O=C(Nc1nn(CC(F)F)c2ccccc12)C1CCC(O)CC1. The maximum Gasteiger partial charge on any atom is 0.257 e. The summed E-state index contributed by atoms with van der Waals surface area (Å²) in [4.78, 5) is 12.4. The zero-order valence-electron chi connectivity index (χ0n) is 12.6. The summed E-state index contributed by atoms with van der Waals surface area (Å²) >= 11 is 0. The number of aromatic nitrogens is 2. The third kappa shape index (κ3) is 3.50. The Labute approximate surface area is 132 Å². The van der Waals surface area contributed by atoms with Gasteiger partial charge < -0.3 is 10.4 Å². The first-order chi connectivity index (χ1) is 11.0. The Bertz CT molecular complexity index is 694. The number of halogens is 2. The highest BCUT2D eigenvalue weighted by atomic mass is 19.3. The molecule has 1 fully saturated rings. The van der Waals surface area contributed by atoms with E-state index in [1.54, 1.807) is 24.3 Å². The van der Waals surface area contributed by atoms with Gasteiger partial charge >= 0.3 is 0 Å². The van der Waals surface area contributed by atoms with E-state index in [9.17, 15) is 18.7 Å². The molecule has 0 bridgehead atoms. The van der Waals surface area contributed by atoms with Crippen molar-refractivity contribution < 1.29 is 18.7 Å². The highest BCUT2D eigenvalue weighted by Gasteiger charge is 2.26. The van der Waals surface area contributed by atoms with Crippen molar-refractivity contribution in [3.8, 4) is 0 Å². The van der Waals surface area contributed by atoms with Crippen LogP contribution in [0.4, 0.5) is 14.6 Å². The Hall–Kier alpha value is -2.02. The number of carbonyl (C=O) groups excluding carboxylic acids is 1. The number of fused-ring (bicyclic) bond motifs is 1. The fraction of sp³-hybridized carbons (Fsp3) is 0.500. The van der Waals surface area contributed by atoms with Gasteiger partial charge in [0.25, 0.3) is 6.43 Å². The minimum Gasteiger partial charge on any atom is -0.393 e. The topological polar surface area (TPSA) is 67.2 Å². The molecule has 1 amide bonds. The molecule has 1 saturated carbocycles. The van der Waals surface area contributed by atoms with E-state index < -0.39 is 13.0 Å². The van der Waals surface area contributed by atoms with E-state index in [1.165, 1.54) is 4.68 Å². The molecule has 0 aliphatic heterocycles. The van der Waals surface area contributed by atoms with Crippen molar-refractivity contribution in [1.29, 1.82) is 0 Å². The summed E-state index contributed by atoms with van der Waals surface area (Å²) in [6.45, 7) is -0.508. The van der Waals surface area contributed by atoms with Crippen LogP contribution in [0.1, 0.15) is 25.7 Å².